The van der Waals surface area contributed by atoms with E-state index < -0.39 is 20.0 Å². The summed E-state index contributed by atoms with van der Waals surface area (Å²) in [6.45, 7) is 4.14. The molecule has 0 aromatic rings. The van der Waals surface area contributed by atoms with E-state index in [0.717, 1.165) is 44.9 Å². The lowest BCUT2D eigenvalue weighted by Gasteiger charge is -2.23. The monoisotopic (exact) mass is 853 g/mol. The number of allylic oxidation sites excluding steroid dienone is 5. The van der Waals surface area contributed by atoms with Crippen molar-refractivity contribution in [2.45, 2.75) is 257 Å². The van der Waals surface area contributed by atoms with Crippen LogP contribution in [0.1, 0.15) is 245 Å². The summed E-state index contributed by atoms with van der Waals surface area (Å²) >= 11 is 0. The lowest BCUT2D eigenvalue weighted by molar-refractivity contribution is -0.123. The van der Waals surface area contributed by atoms with Crippen LogP contribution in [0.3, 0.4) is 0 Å². The Morgan fingerprint density at radius 1 is 0.542 bits per heavy atom. The third-order valence-corrected chi connectivity index (χ3v) is 12.2. The van der Waals surface area contributed by atoms with E-state index in [2.05, 4.69) is 43.5 Å². The molecule has 0 aliphatic rings. The lowest BCUT2D eigenvalue weighted by atomic mass is 10.0. The van der Waals surface area contributed by atoms with Gasteiger partial charge in [-0.15, -0.1) is 0 Å². The Balaban J connectivity index is 4.17. The largest absolute Gasteiger partial charge is 0.472 e. The maximum atomic E-state index is 12.8. The molecule has 0 aromatic heterocycles. The molecule has 0 fully saturated rings. The predicted molar refractivity (Wildman–Crippen MR) is 254 cm³/mol. The SMILES string of the molecule is CCCCCCCCCCCC/C=C/CC/C=C/CC/C=C/C(O)C(COP(=O)(O)OCCN)NC(=O)CCCCCCCCCCCCCCCCCCCCCC. The van der Waals surface area contributed by atoms with Crippen LogP contribution in [-0.4, -0.2) is 47.8 Å². The molecule has 0 aliphatic carbocycles. The molecular weight excluding hydrogens is 756 g/mol. The molecule has 0 saturated heterocycles. The number of nitrogens with one attached hydrogen (secondary N) is 1. The van der Waals surface area contributed by atoms with Gasteiger partial charge in [0.15, 0.2) is 0 Å². The fourth-order valence-electron chi connectivity index (χ4n) is 7.40. The van der Waals surface area contributed by atoms with Crippen LogP contribution in [0.5, 0.6) is 0 Å². The van der Waals surface area contributed by atoms with E-state index in [-0.39, 0.29) is 25.7 Å². The fourth-order valence-corrected chi connectivity index (χ4v) is 8.16. The number of phosphoric acid groups is 1. The highest BCUT2D eigenvalue weighted by Crippen LogP contribution is 2.43. The van der Waals surface area contributed by atoms with E-state index in [0.29, 0.717) is 6.42 Å². The van der Waals surface area contributed by atoms with Gasteiger partial charge in [0.05, 0.1) is 25.4 Å². The molecule has 0 aromatic carbocycles. The fraction of sp³-hybridized carbons (Fsp3) is 0.860. The average molecular weight is 853 g/mol. The van der Waals surface area contributed by atoms with Gasteiger partial charge in [-0.1, -0.05) is 230 Å². The Kier molecular flexibility index (Phi) is 45.2. The Morgan fingerprint density at radius 2 is 0.898 bits per heavy atom. The molecular formula is C50H97N2O6P. The molecule has 348 valence electrons. The van der Waals surface area contributed by atoms with E-state index in [4.69, 9.17) is 14.8 Å². The van der Waals surface area contributed by atoms with Crippen LogP contribution in [0.2, 0.25) is 0 Å². The van der Waals surface area contributed by atoms with Gasteiger partial charge in [-0.3, -0.25) is 13.8 Å². The molecule has 59 heavy (non-hydrogen) atoms. The Bertz CT molecular complexity index is 1020. The molecule has 0 bridgehead atoms. The highest BCUT2D eigenvalue weighted by atomic mass is 31.2. The quantitative estimate of drug-likeness (QED) is 0.0272. The van der Waals surface area contributed by atoms with Crippen molar-refractivity contribution in [3.8, 4) is 0 Å². The van der Waals surface area contributed by atoms with Gasteiger partial charge in [0.1, 0.15) is 0 Å². The van der Waals surface area contributed by atoms with E-state index in [1.807, 2.05) is 6.08 Å². The first-order chi connectivity index (χ1) is 28.9. The molecule has 9 heteroatoms. The van der Waals surface area contributed by atoms with Crippen molar-refractivity contribution in [3.05, 3.63) is 36.5 Å². The molecule has 0 radical (unpaired) electrons. The summed E-state index contributed by atoms with van der Waals surface area (Å²) in [4.78, 5) is 22.8. The van der Waals surface area contributed by atoms with Gasteiger partial charge in [-0.05, 0) is 44.9 Å². The maximum Gasteiger partial charge on any atom is 0.472 e. The summed E-state index contributed by atoms with van der Waals surface area (Å²) < 4.78 is 22.2. The predicted octanol–water partition coefficient (Wildman–Crippen LogP) is 14.7. The van der Waals surface area contributed by atoms with Crippen LogP contribution >= 0.6 is 7.82 Å². The number of hydrogen-bond donors (Lipinski definition) is 4. The molecule has 5 N–H and O–H groups in total. The van der Waals surface area contributed by atoms with Crippen molar-refractivity contribution in [1.82, 2.24) is 5.32 Å². The van der Waals surface area contributed by atoms with Crippen LogP contribution in [0.15, 0.2) is 36.5 Å². The first kappa shape index (κ1) is 57.7. The Morgan fingerprint density at radius 3 is 1.31 bits per heavy atom. The minimum absolute atomic E-state index is 0.0729. The Labute approximate surface area is 365 Å². The van der Waals surface area contributed by atoms with Gasteiger partial charge in [0.25, 0.3) is 0 Å². The normalized spacial score (nSPS) is 14.2. The third kappa shape index (κ3) is 44.6. The second-order valence-corrected chi connectivity index (χ2v) is 18.5. The van der Waals surface area contributed by atoms with Gasteiger partial charge in [-0.25, -0.2) is 4.57 Å². The van der Waals surface area contributed by atoms with Gasteiger partial charge in [-0.2, -0.15) is 0 Å². The summed E-state index contributed by atoms with van der Waals surface area (Å²) in [5.41, 5.74) is 5.39. The van der Waals surface area contributed by atoms with Crippen molar-refractivity contribution < 1.29 is 28.4 Å². The number of rotatable bonds is 47. The number of carbonyl (C=O) groups is 1. The van der Waals surface area contributed by atoms with Crippen molar-refractivity contribution in [3.63, 3.8) is 0 Å². The minimum atomic E-state index is -4.35. The van der Waals surface area contributed by atoms with E-state index in [1.54, 1.807) is 6.08 Å². The molecule has 0 spiro atoms. The number of hydrogen-bond acceptors (Lipinski definition) is 6. The molecule has 0 heterocycles. The van der Waals surface area contributed by atoms with Crippen molar-refractivity contribution >= 4 is 13.7 Å². The molecule has 3 atom stereocenters. The van der Waals surface area contributed by atoms with E-state index in [1.165, 1.54) is 180 Å². The molecule has 0 saturated carbocycles. The van der Waals surface area contributed by atoms with Crippen molar-refractivity contribution in [1.29, 1.82) is 0 Å². The summed E-state index contributed by atoms with van der Waals surface area (Å²) in [6, 6.07) is -0.881. The topological polar surface area (TPSA) is 131 Å². The van der Waals surface area contributed by atoms with Gasteiger partial charge in [0, 0.05) is 13.0 Å². The van der Waals surface area contributed by atoms with Crippen LogP contribution in [0.4, 0.5) is 0 Å². The van der Waals surface area contributed by atoms with Gasteiger partial charge < -0.3 is 21.1 Å². The van der Waals surface area contributed by atoms with Crippen LogP contribution in [-0.2, 0) is 18.4 Å². The molecule has 0 aliphatic heterocycles. The highest BCUT2D eigenvalue weighted by molar-refractivity contribution is 7.47. The molecule has 1 amide bonds. The van der Waals surface area contributed by atoms with Crippen LogP contribution in [0, 0.1) is 0 Å². The summed E-state index contributed by atoms with van der Waals surface area (Å²) in [7, 11) is -4.35. The van der Waals surface area contributed by atoms with Gasteiger partial charge in [0.2, 0.25) is 5.91 Å². The van der Waals surface area contributed by atoms with Crippen LogP contribution in [0.25, 0.3) is 0 Å². The smallest absolute Gasteiger partial charge is 0.387 e. The molecule has 0 rings (SSSR count). The summed E-state index contributed by atoms with van der Waals surface area (Å²) in [5.74, 6) is -0.204. The number of amides is 1. The number of unbranched alkanes of at least 4 members (excludes halogenated alkanes) is 31. The highest BCUT2D eigenvalue weighted by Gasteiger charge is 2.26. The summed E-state index contributed by atoms with van der Waals surface area (Å²) in [6.07, 6.45) is 56.4. The lowest BCUT2D eigenvalue weighted by Crippen LogP contribution is -2.45. The number of carbonyl (C=O) groups excluding carboxylic acids is 1. The zero-order valence-electron chi connectivity index (χ0n) is 38.7. The number of nitrogens with two attached hydrogens (primary N) is 1. The van der Waals surface area contributed by atoms with E-state index >= 15 is 0 Å². The summed E-state index contributed by atoms with van der Waals surface area (Å²) in [5, 5.41) is 13.7. The first-order valence-electron chi connectivity index (χ1n) is 25.1. The second-order valence-electron chi connectivity index (χ2n) is 17.0. The van der Waals surface area contributed by atoms with Gasteiger partial charge >= 0.3 is 7.82 Å². The zero-order valence-corrected chi connectivity index (χ0v) is 39.6. The minimum Gasteiger partial charge on any atom is -0.387 e. The maximum absolute atomic E-state index is 12.8. The third-order valence-electron chi connectivity index (χ3n) is 11.2. The van der Waals surface area contributed by atoms with E-state index in [9.17, 15) is 19.4 Å². The first-order valence-corrected chi connectivity index (χ1v) is 26.6. The van der Waals surface area contributed by atoms with Crippen LogP contribution < -0.4 is 11.1 Å². The average Bonchev–Trinajstić information content (AvgIpc) is 3.22. The van der Waals surface area contributed by atoms with Crippen molar-refractivity contribution in [2.75, 3.05) is 19.8 Å². The standard InChI is InChI=1S/C50H97N2O6P/c1-3-5-7-9-11-13-15-17-19-21-23-25-27-29-31-33-35-37-39-41-43-49(53)48(47-58-59(55,56)57-46-45-51)52-50(54)44-42-40-38-36-34-32-30-28-26-24-22-20-18-16-14-12-10-8-6-4-2/h25,27,33,35,41,43,48-49,53H,3-24,26,28-32,34,36-40,42,44-47,51H2,1-2H3,(H,52,54)(H,55,56)/b27-25+,35-33+,43-41+. The number of aliphatic hydroxyl groups is 1. The molecule has 3 unspecified atom stereocenters. The number of aliphatic hydroxyl groups excluding tert-OH is 1. The second kappa shape index (κ2) is 46.2. The number of phosphoric ester groups is 1. The zero-order chi connectivity index (χ0) is 43.2. The molecule has 8 nitrogen and oxygen atoms in total. The Hall–Kier alpha value is -1.28. The van der Waals surface area contributed by atoms with Crippen molar-refractivity contribution in [2.24, 2.45) is 5.73 Å².